The fourth-order valence-electron chi connectivity index (χ4n) is 3.73. The Morgan fingerprint density at radius 3 is 2.34 bits per heavy atom. The molecule has 0 amide bonds. The molecule has 0 aliphatic carbocycles. The van der Waals surface area contributed by atoms with E-state index in [-0.39, 0.29) is 30.1 Å². The van der Waals surface area contributed by atoms with Gasteiger partial charge in [-0.25, -0.2) is 4.79 Å². The quantitative estimate of drug-likeness (QED) is 0.377. The lowest BCUT2D eigenvalue weighted by Crippen LogP contribution is -2.39. The van der Waals surface area contributed by atoms with Gasteiger partial charge in [-0.15, -0.1) is 0 Å². The molecule has 0 fully saturated rings. The zero-order chi connectivity index (χ0) is 25.3. The van der Waals surface area contributed by atoms with E-state index in [9.17, 15) is 14.4 Å². The molecule has 1 N–H and O–H groups in total. The van der Waals surface area contributed by atoms with Gasteiger partial charge in [0, 0.05) is 19.8 Å². The highest BCUT2D eigenvalue weighted by Gasteiger charge is 2.19. The summed E-state index contributed by atoms with van der Waals surface area (Å²) < 4.78 is 9.05. The van der Waals surface area contributed by atoms with Crippen molar-refractivity contribution in [1.82, 2.24) is 18.7 Å². The lowest BCUT2D eigenvalue weighted by Gasteiger charge is -2.09. The lowest BCUT2D eigenvalue weighted by molar-refractivity contribution is -0.142. The molecule has 0 aliphatic heterocycles. The fraction of sp³-hybridized carbons (Fsp3) is 0.250. The maximum absolute atomic E-state index is 13.3. The van der Waals surface area contributed by atoms with Crippen molar-refractivity contribution in [3.63, 3.8) is 0 Å². The van der Waals surface area contributed by atoms with Crippen LogP contribution in [0.4, 0.5) is 11.6 Å². The van der Waals surface area contributed by atoms with Crippen LogP contribution < -0.4 is 16.6 Å². The van der Waals surface area contributed by atoms with E-state index in [0.29, 0.717) is 33.9 Å². The van der Waals surface area contributed by atoms with Crippen LogP contribution in [0.3, 0.4) is 0 Å². The van der Waals surface area contributed by atoms with Crippen molar-refractivity contribution in [2.75, 3.05) is 11.9 Å². The van der Waals surface area contributed by atoms with Gasteiger partial charge < -0.3 is 14.6 Å². The molecule has 11 heteroatoms. The highest BCUT2D eigenvalue weighted by molar-refractivity contribution is 6.42. The smallest absolute Gasteiger partial charge is 0.332 e. The van der Waals surface area contributed by atoms with E-state index < -0.39 is 11.2 Å². The first-order valence-corrected chi connectivity index (χ1v) is 11.6. The summed E-state index contributed by atoms with van der Waals surface area (Å²) in [6, 6.07) is 12.2. The molecule has 2 aromatic heterocycles. The van der Waals surface area contributed by atoms with E-state index in [1.807, 2.05) is 12.1 Å². The van der Waals surface area contributed by atoms with Gasteiger partial charge >= 0.3 is 11.7 Å². The SMILES string of the molecule is CCOC(=O)Cc1ccc(Nc2nc3c(c(=O)n(Cc4ccc(Cl)c(Cl)c4)c(=O)n3C)n2C)cc1. The number of benzene rings is 2. The van der Waals surface area contributed by atoms with E-state index in [1.165, 1.54) is 4.57 Å². The Morgan fingerprint density at radius 2 is 1.69 bits per heavy atom. The summed E-state index contributed by atoms with van der Waals surface area (Å²) in [7, 11) is 3.26. The van der Waals surface area contributed by atoms with Crippen molar-refractivity contribution in [2.45, 2.75) is 19.9 Å². The van der Waals surface area contributed by atoms with Gasteiger partial charge in [0.15, 0.2) is 11.2 Å². The molecule has 0 unspecified atom stereocenters. The molecule has 0 radical (unpaired) electrons. The number of aryl methyl sites for hydroxylation is 2. The zero-order valence-electron chi connectivity index (χ0n) is 19.3. The topological polar surface area (TPSA) is 100 Å². The summed E-state index contributed by atoms with van der Waals surface area (Å²) in [6.45, 7) is 2.14. The highest BCUT2D eigenvalue weighted by atomic mass is 35.5. The van der Waals surface area contributed by atoms with Crippen molar-refractivity contribution in [2.24, 2.45) is 14.1 Å². The monoisotopic (exact) mass is 515 g/mol. The Hall–Kier alpha value is -3.56. The maximum atomic E-state index is 13.3. The van der Waals surface area contributed by atoms with Gasteiger partial charge in [-0.1, -0.05) is 41.4 Å². The first-order chi connectivity index (χ1) is 16.7. The molecule has 0 saturated heterocycles. The van der Waals surface area contributed by atoms with Crippen LogP contribution in [0.5, 0.6) is 0 Å². The average molecular weight is 516 g/mol. The fourth-order valence-corrected chi connectivity index (χ4v) is 4.05. The van der Waals surface area contributed by atoms with Crippen molar-refractivity contribution >= 4 is 52.0 Å². The van der Waals surface area contributed by atoms with E-state index in [4.69, 9.17) is 27.9 Å². The zero-order valence-corrected chi connectivity index (χ0v) is 20.9. The number of halogens is 2. The summed E-state index contributed by atoms with van der Waals surface area (Å²) in [5, 5.41) is 3.90. The standard InChI is InChI=1S/C24H23Cl2N5O4/c1-4-35-19(32)12-14-5-8-16(9-6-14)27-23-28-21-20(29(23)2)22(33)31(24(34)30(21)3)13-15-7-10-17(25)18(26)11-15/h5-11H,4,12-13H2,1-3H3,(H,27,28). The van der Waals surface area contributed by atoms with Crippen LogP contribution in [0, 0.1) is 0 Å². The van der Waals surface area contributed by atoms with Gasteiger partial charge in [-0.2, -0.15) is 4.98 Å². The largest absolute Gasteiger partial charge is 0.466 e. The van der Waals surface area contributed by atoms with Crippen molar-refractivity contribution < 1.29 is 9.53 Å². The van der Waals surface area contributed by atoms with Gasteiger partial charge in [0.25, 0.3) is 5.56 Å². The summed E-state index contributed by atoms with van der Waals surface area (Å²) in [5.41, 5.74) is 1.75. The summed E-state index contributed by atoms with van der Waals surface area (Å²) >= 11 is 12.1. The van der Waals surface area contributed by atoms with Crippen molar-refractivity contribution in [3.05, 3.63) is 84.5 Å². The van der Waals surface area contributed by atoms with Crippen LogP contribution in [0.25, 0.3) is 11.2 Å². The van der Waals surface area contributed by atoms with Crippen LogP contribution >= 0.6 is 23.2 Å². The molecule has 0 atom stereocenters. The normalized spacial score (nSPS) is 11.1. The van der Waals surface area contributed by atoms with E-state index >= 15 is 0 Å². The molecule has 9 nitrogen and oxygen atoms in total. The Labute approximate surface area is 210 Å². The number of hydrogen-bond donors (Lipinski definition) is 1. The summed E-state index contributed by atoms with van der Waals surface area (Å²) in [6.07, 6.45) is 0.181. The van der Waals surface area contributed by atoms with Gasteiger partial charge in [0.1, 0.15) is 0 Å². The molecule has 2 aromatic carbocycles. The first kappa shape index (κ1) is 24.6. The van der Waals surface area contributed by atoms with Gasteiger partial charge in [-0.05, 0) is 42.3 Å². The van der Waals surface area contributed by atoms with Crippen molar-refractivity contribution in [1.29, 1.82) is 0 Å². The van der Waals surface area contributed by atoms with Gasteiger partial charge in [0.2, 0.25) is 5.95 Å². The number of anilines is 2. The molecular weight excluding hydrogens is 493 g/mol. The van der Waals surface area contributed by atoms with Gasteiger partial charge in [0.05, 0.1) is 29.6 Å². The van der Waals surface area contributed by atoms with Crippen LogP contribution in [-0.2, 0) is 36.6 Å². The number of ether oxygens (including phenoxy) is 1. The Balaban J connectivity index is 1.67. The van der Waals surface area contributed by atoms with E-state index in [2.05, 4.69) is 10.3 Å². The molecule has 2 heterocycles. The van der Waals surface area contributed by atoms with E-state index in [1.54, 1.807) is 55.9 Å². The molecule has 4 aromatic rings. The first-order valence-electron chi connectivity index (χ1n) is 10.8. The number of carbonyl (C=O) groups excluding carboxylic acids is 1. The maximum Gasteiger partial charge on any atom is 0.332 e. The van der Waals surface area contributed by atoms with Gasteiger partial charge in [-0.3, -0.25) is 18.7 Å². The molecule has 0 saturated carbocycles. The van der Waals surface area contributed by atoms with Crippen LogP contribution in [0.1, 0.15) is 18.1 Å². The second kappa shape index (κ2) is 9.97. The Morgan fingerprint density at radius 1 is 1.00 bits per heavy atom. The Bertz CT molecular complexity index is 1540. The third-order valence-electron chi connectivity index (χ3n) is 5.55. The van der Waals surface area contributed by atoms with Crippen molar-refractivity contribution in [3.8, 4) is 0 Å². The molecule has 35 heavy (non-hydrogen) atoms. The average Bonchev–Trinajstić information content (AvgIpc) is 3.15. The number of hydrogen-bond acceptors (Lipinski definition) is 6. The van der Waals surface area contributed by atoms with Crippen LogP contribution in [0.2, 0.25) is 10.0 Å². The minimum atomic E-state index is -0.499. The molecule has 182 valence electrons. The summed E-state index contributed by atoms with van der Waals surface area (Å²) in [4.78, 5) is 42.4. The van der Waals surface area contributed by atoms with Crippen LogP contribution in [-0.4, -0.2) is 31.3 Å². The van der Waals surface area contributed by atoms with Crippen LogP contribution in [0.15, 0.2) is 52.1 Å². The molecule has 0 aliphatic rings. The number of fused-ring (bicyclic) bond motifs is 1. The number of esters is 1. The minimum Gasteiger partial charge on any atom is -0.466 e. The number of aromatic nitrogens is 4. The number of nitrogens with zero attached hydrogens (tertiary/aromatic N) is 4. The number of carbonyl (C=O) groups is 1. The van der Waals surface area contributed by atoms with E-state index in [0.717, 1.165) is 10.1 Å². The summed E-state index contributed by atoms with van der Waals surface area (Å²) in [5.74, 6) is 0.0964. The second-order valence-electron chi connectivity index (χ2n) is 7.95. The number of rotatable bonds is 7. The lowest BCUT2D eigenvalue weighted by atomic mass is 10.1. The predicted molar refractivity (Wildman–Crippen MR) is 136 cm³/mol. The highest BCUT2D eigenvalue weighted by Crippen LogP contribution is 2.23. The minimum absolute atomic E-state index is 0.0359. The molecule has 4 rings (SSSR count). The number of imidazole rings is 1. The predicted octanol–water partition coefficient (Wildman–Crippen LogP) is 3.64. The molecule has 0 bridgehead atoms. The second-order valence-corrected chi connectivity index (χ2v) is 8.77. The molecular formula is C24H23Cl2N5O4. The Kier molecular flexibility index (Phi) is 7.00. The number of nitrogens with one attached hydrogen (secondary N) is 1. The molecule has 0 spiro atoms. The third kappa shape index (κ3) is 4.96. The third-order valence-corrected chi connectivity index (χ3v) is 6.29.